The van der Waals surface area contributed by atoms with E-state index in [1.807, 2.05) is 0 Å². The van der Waals surface area contributed by atoms with Gasteiger partial charge in [-0.15, -0.1) is 0 Å². The molecule has 0 radical (unpaired) electrons. The van der Waals surface area contributed by atoms with Crippen molar-refractivity contribution in [3.05, 3.63) is 47.8 Å². The van der Waals surface area contributed by atoms with E-state index in [-0.39, 0.29) is 17.8 Å². The quantitative estimate of drug-likeness (QED) is 0.719. The van der Waals surface area contributed by atoms with E-state index in [2.05, 4.69) is 16.2 Å². The third-order valence-electron chi connectivity index (χ3n) is 4.42. The standard InChI is InChI=1S/C19H22FN3O4/c1-25-16-8-13(9-17(26-2)18(16)27-3)21-19(24)15-10-14(22-23-15)11-4-6-12(20)7-5-11/h4-9,14-15,22-23H,10H2,1-3H3,(H,21,24). The van der Waals surface area contributed by atoms with Crippen LogP contribution in [0.1, 0.15) is 18.0 Å². The Bertz CT molecular complexity index is 788. The molecule has 2 aromatic rings. The van der Waals surface area contributed by atoms with Crippen molar-refractivity contribution in [2.45, 2.75) is 18.5 Å². The van der Waals surface area contributed by atoms with E-state index < -0.39 is 6.04 Å². The predicted octanol–water partition coefficient (Wildman–Crippen LogP) is 2.40. The second-order valence-electron chi connectivity index (χ2n) is 6.08. The minimum Gasteiger partial charge on any atom is -0.493 e. The van der Waals surface area contributed by atoms with E-state index in [1.54, 1.807) is 24.3 Å². The van der Waals surface area contributed by atoms with Gasteiger partial charge in [0.25, 0.3) is 0 Å². The van der Waals surface area contributed by atoms with Gasteiger partial charge in [-0.2, -0.15) is 0 Å². The van der Waals surface area contributed by atoms with Crippen LogP contribution in [0.25, 0.3) is 0 Å². The highest BCUT2D eigenvalue weighted by Gasteiger charge is 2.30. The van der Waals surface area contributed by atoms with Crippen LogP contribution >= 0.6 is 0 Å². The van der Waals surface area contributed by atoms with Crippen LogP contribution in [0.5, 0.6) is 17.2 Å². The summed E-state index contributed by atoms with van der Waals surface area (Å²) in [6.45, 7) is 0. The van der Waals surface area contributed by atoms with Crippen LogP contribution in [0, 0.1) is 5.82 Å². The molecule has 0 aliphatic carbocycles. The summed E-state index contributed by atoms with van der Waals surface area (Å²) < 4.78 is 28.9. The first kappa shape index (κ1) is 18.9. The molecule has 1 fully saturated rings. The van der Waals surface area contributed by atoms with E-state index in [9.17, 15) is 9.18 Å². The number of hydrogen-bond donors (Lipinski definition) is 3. The van der Waals surface area contributed by atoms with Gasteiger partial charge in [-0.25, -0.2) is 15.2 Å². The third kappa shape index (κ3) is 4.12. The first-order valence-corrected chi connectivity index (χ1v) is 8.43. The number of ether oxygens (including phenoxy) is 3. The van der Waals surface area contributed by atoms with Crippen molar-refractivity contribution in [3.63, 3.8) is 0 Å². The van der Waals surface area contributed by atoms with Gasteiger partial charge in [0.05, 0.1) is 21.3 Å². The predicted molar refractivity (Wildman–Crippen MR) is 98.5 cm³/mol. The summed E-state index contributed by atoms with van der Waals surface area (Å²) in [4.78, 5) is 12.6. The summed E-state index contributed by atoms with van der Waals surface area (Å²) in [5.41, 5.74) is 7.48. The van der Waals surface area contributed by atoms with Gasteiger partial charge in [-0.05, 0) is 24.1 Å². The maximum atomic E-state index is 13.1. The lowest BCUT2D eigenvalue weighted by Crippen LogP contribution is -2.39. The first-order chi connectivity index (χ1) is 13.0. The number of nitrogens with one attached hydrogen (secondary N) is 3. The Morgan fingerprint density at radius 3 is 2.22 bits per heavy atom. The normalized spacial score (nSPS) is 18.8. The van der Waals surface area contributed by atoms with E-state index in [1.165, 1.54) is 33.5 Å². The zero-order valence-electron chi connectivity index (χ0n) is 15.3. The van der Waals surface area contributed by atoms with Crippen molar-refractivity contribution in [1.29, 1.82) is 0 Å². The number of carbonyl (C=O) groups excluding carboxylic acids is 1. The third-order valence-corrected chi connectivity index (χ3v) is 4.42. The summed E-state index contributed by atoms with van der Waals surface area (Å²) in [5, 5.41) is 2.85. The molecular formula is C19H22FN3O4. The minimum atomic E-state index is -0.445. The Labute approximate surface area is 156 Å². The highest BCUT2D eigenvalue weighted by Crippen LogP contribution is 2.40. The second-order valence-corrected chi connectivity index (χ2v) is 6.08. The number of amides is 1. The molecule has 2 atom stereocenters. The molecule has 3 rings (SSSR count). The lowest BCUT2D eigenvalue weighted by atomic mass is 10.0. The summed E-state index contributed by atoms with van der Waals surface area (Å²) in [6.07, 6.45) is 0.530. The van der Waals surface area contributed by atoms with Crippen molar-refractivity contribution < 1.29 is 23.4 Å². The van der Waals surface area contributed by atoms with Crippen molar-refractivity contribution in [3.8, 4) is 17.2 Å². The number of rotatable bonds is 6. The SMILES string of the molecule is COc1cc(NC(=O)C2CC(c3ccc(F)cc3)NN2)cc(OC)c1OC. The maximum Gasteiger partial charge on any atom is 0.242 e. The smallest absolute Gasteiger partial charge is 0.242 e. The summed E-state index contributed by atoms with van der Waals surface area (Å²) in [5.74, 6) is 0.862. The molecule has 0 spiro atoms. The number of carbonyl (C=O) groups is 1. The first-order valence-electron chi connectivity index (χ1n) is 8.43. The Kier molecular flexibility index (Phi) is 5.78. The van der Waals surface area contributed by atoms with Crippen molar-refractivity contribution in [1.82, 2.24) is 10.9 Å². The highest BCUT2D eigenvalue weighted by molar-refractivity contribution is 5.95. The molecule has 2 aromatic carbocycles. The van der Waals surface area contributed by atoms with Crippen LogP contribution in [0.15, 0.2) is 36.4 Å². The molecular weight excluding hydrogens is 353 g/mol. The largest absolute Gasteiger partial charge is 0.493 e. The molecule has 1 heterocycles. The topological polar surface area (TPSA) is 80.9 Å². The van der Waals surface area contributed by atoms with Crippen LogP contribution in [-0.2, 0) is 4.79 Å². The molecule has 3 N–H and O–H groups in total. The summed E-state index contributed by atoms with van der Waals surface area (Å²) in [7, 11) is 4.54. The fraction of sp³-hybridized carbons (Fsp3) is 0.316. The molecule has 0 bridgehead atoms. The van der Waals surface area contributed by atoms with Gasteiger partial charge in [0, 0.05) is 23.9 Å². The number of hydrazine groups is 1. The van der Waals surface area contributed by atoms with Crippen LogP contribution < -0.4 is 30.4 Å². The summed E-state index contributed by atoms with van der Waals surface area (Å²) >= 11 is 0. The Balaban J connectivity index is 1.70. The Hall–Kier alpha value is -2.84. The lowest BCUT2D eigenvalue weighted by molar-refractivity contribution is -0.117. The molecule has 1 saturated heterocycles. The maximum absolute atomic E-state index is 13.1. The molecule has 1 aliphatic rings. The average molecular weight is 375 g/mol. The zero-order chi connectivity index (χ0) is 19.4. The number of methoxy groups -OCH3 is 3. The highest BCUT2D eigenvalue weighted by atomic mass is 19.1. The van der Waals surface area contributed by atoms with Gasteiger partial charge in [0.1, 0.15) is 11.9 Å². The summed E-state index contributed by atoms with van der Waals surface area (Å²) in [6, 6.07) is 9.02. The van der Waals surface area contributed by atoms with Gasteiger partial charge in [0.15, 0.2) is 11.5 Å². The van der Waals surface area contributed by atoms with Crippen molar-refractivity contribution >= 4 is 11.6 Å². The van der Waals surface area contributed by atoms with Gasteiger partial charge < -0.3 is 19.5 Å². The van der Waals surface area contributed by atoms with Crippen LogP contribution in [0.4, 0.5) is 10.1 Å². The zero-order valence-corrected chi connectivity index (χ0v) is 15.3. The molecule has 27 heavy (non-hydrogen) atoms. The van der Waals surface area contributed by atoms with Gasteiger partial charge >= 0.3 is 0 Å². The molecule has 1 amide bonds. The number of benzene rings is 2. The second kappa shape index (κ2) is 8.24. The van der Waals surface area contributed by atoms with E-state index in [4.69, 9.17) is 14.2 Å². The average Bonchev–Trinajstić information content (AvgIpc) is 3.18. The van der Waals surface area contributed by atoms with Crippen molar-refractivity contribution in [2.24, 2.45) is 0 Å². The number of hydrogen-bond acceptors (Lipinski definition) is 6. The Morgan fingerprint density at radius 1 is 1.04 bits per heavy atom. The van der Waals surface area contributed by atoms with E-state index in [0.717, 1.165) is 5.56 Å². The molecule has 2 unspecified atom stereocenters. The van der Waals surface area contributed by atoms with Crippen LogP contribution in [-0.4, -0.2) is 33.3 Å². The number of halogens is 1. The van der Waals surface area contributed by atoms with Crippen LogP contribution in [0.2, 0.25) is 0 Å². The lowest BCUT2D eigenvalue weighted by Gasteiger charge is -2.16. The molecule has 0 aromatic heterocycles. The fourth-order valence-corrected chi connectivity index (χ4v) is 3.02. The van der Waals surface area contributed by atoms with E-state index in [0.29, 0.717) is 29.4 Å². The van der Waals surface area contributed by atoms with Crippen LogP contribution in [0.3, 0.4) is 0 Å². The molecule has 144 valence electrons. The van der Waals surface area contributed by atoms with Crippen molar-refractivity contribution in [2.75, 3.05) is 26.6 Å². The minimum absolute atomic E-state index is 0.0821. The molecule has 0 saturated carbocycles. The number of anilines is 1. The molecule has 7 nitrogen and oxygen atoms in total. The fourth-order valence-electron chi connectivity index (χ4n) is 3.02. The van der Waals surface area contributed by atoms with Gasteiger partial charge in [-0.1, -0.05) is 12.1 Å². The van der Waals surface area contributed by atoms with Gasteiger partial charge in [0.2, 0.25) is 11.7 Å². The molecule has 1 aliphatic heterocycles. The molecule has 8 heteroatoms. The van der Waals surface area contributed by atoms with Gasteiger partial charge in [-0.3, -0.25) is 4.79 Å². The monoisotopic (exact) mass is 375 g/mol. The Morgan fingerprint density at radius 2 is 1.67 bits per heavy atom. The van der Waals surface area contributed by atoms with E-state index >= 15 is 0 Å².